The quantitative estimate of drug-likeness (QED) is 0.422. The average Bonchev–Trinajstić information content (AvgIpc) is 2.19. The minimum Gasteiger partial charge on any atom is -0.435 e. The van der Waals surface area contributed by atoms with Crippen molar-refractivity contribution in [1.82, 2.24) is 0 Å². The maximum Gasteiger partial charge on any atom is 0.396 e. The van der Waals surface area contributed by atoms with Gasteiger partial charge in [0.1, 0.15) is 0 Å². The SMILES string of the molecule is C=COP1OCCO1. The van der Waals surface area contributed by atoms with Crippen molar-refractivity contribution in [2.24, 2.45) is 0 Å². The van der Waals surface area contributed by atoms with Crippen molar-refractivity contribution in [1.29, 1.82) is 0 Å². The van der Waals surface area contributed by atoms with Crippen LogP contribution in [-0.4, -0.2) is 13.2 Å². The van der Waals surface area contributed by atoms with Crippen LogP contribution in [-0.2, 0) is 13.6 Å². The monoisotopic (exact) mass is 134 g/mol. The molecular formula is C4H7O3P. The van der Waals surface area contributed by atoms with Crippen LogP contribution in [0.5, 0.6) is 0 Å². The van der Waals surface area contributed by atoms with Crippen molar-refractivity contribution in [3.63, 3.8) is 0 Å². The van der Waals surface area contributed by atoms with E-state index in [-0.39, 0.29) is 0 Å². The number of rotatable bonds is 2. The Labute approximate surface area is 49.2 Å². The van der Waals surface area contributed by atoms with Crippen molar-refractivity contribution in [3.05, 3.63) is 12.8 Å². The summed E-state index contributed by atoms with van der Waals surface area (Å²) in [5.41, 5.74) is 0. The Morgan fingerprint density at radius 3 is 2.62 bits per heavy atom. The van der Waals surface area contributed by atoms with Crippen molar-refractivity contribution in [2.45, 2.75) is 0 Å². The average molecular weight is 134 g/mol. The molecule has 0 N–H and O–H groups in total. The second-order valence-electron chi connectivity index (χ2n) is 1.16. The maximum absolute atomic E-state index is 4.94. The molecule has 0 aromatic rings. The third-order valence-electron chi connectivity index (χ3n) is 0.637. The van der Waals surface area contributed by atoms with Crippen LogP contribution >= 0.6 is 8.60 Å². The van der Waals surface area contributed by atoms with Crippen LogP contribution in [0.15, 0.2) is 12.8 Å². The summed E-state index contributed by atoms with van der Waals surface area (Å²) in [7, 11) is -1.06. The molecule has 4 heteroatoms. The fourth-order valence-electron chi connectivity index (χ4n) is 0.383. The van der Waals surface area contributed by atoms with Crippen LogP contribution in [0.25, 0.3) is 0 Å². The first kappa shape index (κ1) is 6.02. The molecule has 0 unspecified atom stereocenters. The van der Waals surface area contributed by atoms with E-state index in [0.29, 0.717) is 13.2 Å². The molecule has 1 fully saturated rings. The van der Waals surface area contributed by atoms with E-state index in [9.17, 15) is 0 Å². The summed E-state index contributed by atoms with van der Waals surface area (Å²) in [6, 6.07) is 0. The summed E-state index contributed by atoms with van der Waals surface area (Å²) < 4.78 is 14.7. The lowest BCUT2D eigenvalue weighted by Gasteiger charge is -2.01. The molecule has 1 aliphatic rings. The topological polar surface area (TPSA) is 27.7 Å². The first-order valence-corrected chi connectivity index (χ1v) is 3.36. The standard InChI is InChI=1S/C4H7O3P/c1-2-5-8-6-3-4-7-8/h2H,1,3-4H2. The van der Waals surface area contributed by atoms with Crippen molar-refractivity contribution in [2.75, 3.05) is 13.2 Å². The smallest absolute Gasteiger partial charge is 0.396 e. The molecular weight excluding hydrogens is 127 g/mol. The highest BCUT2D eigenvalue weighted by Gasteiger charge is 2.17. The van der Waals surface area contributed by atoms with E-state index < -0.39 is 8.60 Å². The van der Waals surface area contributed by atoms with Gasteiger partial charge in [0.15, 0.2) is 0 Å². The molecule has 1 aliphatic heterocycles. The first-order chi connectivity index (χ1) is 3.93. The summed E-state index contributed by atoms with van der Waals surface area (Å²) in [5, 5.41) is 0. The molecule has 8 heavy (non-hydrogen) atoms. The van der Waals surface area contributed by atoms with Crippen molar-refractivity contribution < 1.29 is 13.6 Å². The van der Waals surface area contributed by atoms with E-state index in [1.54, 1.807) is 0 Å². The molecule has 0 bridgehead atoms. The normalized spacial score (nSPS) is 21.0. The molecule has 46 valence electrons. The van der Waals surface area contributed by atoms with Gasteiger partial charge in [0.25, 0.3) is 0 Å². The summed E-state index contributed by atoms with van der Waals surface area (Å²) in [6.45, 7) is 4.64. The molecule has 3 nitrogen and oxygen atoms in total. The molecule has 0 radical (unpaired) electrons. The molecule has 0 atom stereocenters. The Balaban J connectivity index is 2.14. The Bertz CT molecular complexity index is 79.4. The van der Waals surface area contributed by atoms with E-state index in [2.05, 4.69) is 6.58 Å². The van der Waals surface area contributed by atoms with Gasteiger partial charge >= 0.3 is 8.60 Å². The highest BCUT2D eigenvalue weighted by molar-refractivity contribution is 7.42. The minimum absolute atomic E-state index is 0.638. The summed E-state index contributed by atoms with van der Waals surface area (Å²) >= 11 is 0. The van der Waals surface area contributed by atoms with Crippen LogP contribution in [0.2, 0.25) is 0 Å². The van der Waals surface area contributed by atoms with Gasteiger partial charge in [0.2, 0.25) is 0 Å². The fraction of sp³-hybridized carbons (Fsp3) is 0.500. The summed E-state index contributed by atoms with van der Waals surface area (Å²) in [6.07, 6.45) is 1.33. The van der Waals surface area contributed by atoms with Gasteiger partial charge in [-0.3, -0.25) is 0 Å². The van der Waals surface area contributed by atoms with Crippen LogP contribution in [0.3, 0.4) is 0 Å². The third kappa shape index (κ3) is 1.44. The number of hydrogen-bond acceptors (Lipinski definition) is 3. The van der Waals surface area contributed by atoms with Gasteiger partial charge in [-0.1, -0.05) is 6.58 Å². The van der Waals surface area contributed by atoms with Gasteiger partial charge in [0.05, 0.1) is 19.5 Å². The molecule has 1 saturated heterocycles. The molecule has 1 heterocycles. The second kappa shape index (κ2) is 3.02. The Morgan fingerprint density at radius 1 is 1.50 bits per heavy atom. The van der Waals surface area contributed by atoms with E-state index in [4.69, 9.17) is 13.6 Å². The molecule has 0 aromatic heterocycles. The van der Waals surface area contributed by atoms with Crippen molar-refractivity contribution >= 4 is 8.60 Å². The highest BCUT2D eigenvalue weighted by Crippen LogP contribution is 2.43. The Hall–Kier alpha value is -0.110. The predicted molar refractivity (Wildman–Crippen MR) is 30.1 cm³/mol. The van der Waals surface area contributed by atoms with E-state index >= 15 is 0 Å². The van der Waals surface area contributed by atoms with Gasteiger partial charge in [0, 0.05) is 0 Å². The van der Waals surface area contributed by atoms with E-state index in [0.717, 1.165) is 0 Å². The largest absolute Gasteiger partial charge is 0.435 e. The fourth-order valence-corrected chi connectivity index (χ4v) is 1.15. The predicted octanol–water partition coefficient (Wildman–Crippen LogP) is 1.42. The summed E-state index contributed by atoms with van der Waals surface area (Å²) in [4.78, 5) is 0. The minimum atomic E-state index is -1.06. The van der Waals surface area contributed by atoms with E-state index in [1.807, 2.05) is 0 Å². The van der Waals surface area contributed by atoms with Gasteiger partial charge in [-0.05, 0) is 0 Å². The lowest BCUT2D eigenvalue weighted by molar-refractivity contribution is 0.326. The molecule has 0 spiro atoms. The Morgan fingerprint density at radius 2 is 2.12 bits per heavy atom. The van der Waals surface area contributed by atoms with Crippen molar-refractivity contribution in [3.8, 4) is 0 Å². The van der Waals surface area contributed by atoms with Gasteiger partial charge in [-0.15, -0.1) is 0 Å². The molecule has 0 amide bonds. The third-order valence-corrected chi connectivity index (χ3v) is 1.75. The lowest BCUT2D eigenvalue weighted by atomic mass is 10.8. The zero-order chi connectivity index (χ0) is 5.82. The zero-order valence-electron chi connectivity index (χ0n) is 4.37. The first-order valence-electron chi connectivity index (χ1n) is 2.27. The van der Waals surface area contributed by atoms with Crippen LogP contribution < -0.4 is 0 Å². The molecule has 0 saturated carbocycles. The molecule has 0 aliphatic carbocycles. The van der Waals surface area contributed by atoms with Crippen LogP contribution in [0, 0.1) is 0 Å². The lowest BCUT2D eigenvalue weighted by Crippen LogP contribution is -1.79. The second-order valence-corrected chi connectivity index (χ2v) is 2.34. The maximum atomic E-state index is 4.94. The van der Waals surface area contributed by atoms with E-state index in [1.165, 1.54) is 6.26 Å². The molecule has 1 rings (SSSR count). The molecule has 0 aromatic carbocycles. The van der Waals surface area contributed by atoms with Gasteiger partial charge in [-0.2, -0.15) is 0 Å². The van der Waals surface area contributed by atoms with Gasteiger partial charge < -0.3 is 13.6 Å². The van der Waals surface area contributed by atoms with Gasteiger partial charge in [-0.25, -0.2) is 0 Å². The highest BCUT2D eigenvalue weighted by atomic mass is 31.2. The summed E-state index contributed by atoms with van der Waals surface area (Å²) in [5.74, 6) is 0. The Kier molecular flexibility index (Phi) is 2.27. The van der Waals surface area contributed by atoms with Crippen LogP contribution in [0.1, 0.15) is 0 Å². The van der Waals surface area contributed by atoms with Crippen LogP contribution in [0.4, 0.5) is 0 Å². The zero-order valence-corrected chi connectivity index (χ0v) is 5.27. The number of hydrogen-bond donors (Lipinski definition) is 0.